The minimum atomic E-state index is -5.99. The second kappa shape index (κ2) is 12.0. The van der Waals surface area contributed by atoms with Gasteiger partial charge in [-0.2, -0.15) is 26.3 Å². The Morgan fingerprint density at radius 2 is 1.70 bits per heavy atom. The van der Waals surface area contributed by atoms with Crippen LogP contribution < -0.4 is 22.1 Å². The molecular weight excluding hydrogens is 618 g/mol. The molecule has 250 valence electrons. The van der Waals surface area contributed by atoms with Crippen LogP contribution in [0.5, 0.6) is 0 Å². The number of anilines is 1. The molecule has 1 aromatic rings. The van der Waals surface area contributed by atoms with Crippen LogP contribution in [0.3, 0.4) is 0 Å². The Morgan fingerprint density at radius 3 is 2.30 bits per heavy atom. The van der Waals surface area contributed by atoms with Gasteiger partial charge < -0.3 is 32.1 Å². The van der Waals surface area contributed by atoms with Crippen LogP contribution in [0.4, 0.5) is 32.0 Å². The van der Waals surface area contributed by atoms with E-state index in [9.17, 15) is 20.1 Å². The lowest BCUT2D eigenvalue weighted by Gasteiger charge is -2.46. The van der Waals surface area contributed by atoms with E-state index in [2.05, 4.69) is 10.6 Å². The number of alkyl halides is 6. The molecule has 0 radical (unpaired) electrons. The van der Waals surface area contributed by atoms with Gasteiger partial charge >= 0.3 is 12.4 Å². The Bertz CT molecular complexity index is 1570. The van der Waals surface area contributed by atoms with Gasteiger partial charge in [0, 0.05) is 23.4 Å². The van der Waals surface area contributed by atoms with Crippen molar-refractivity contribution in [2.24, 2.45) is 17.1 Å². The number of hydrogen-bond donors (Lipinski definition) is 7. The first kappa shape index (κ1) is 34.9. The van der Waals surface area contributed by atoms with Crippen LogP contribution in [0.1, 0.15) is 51.8 Å². The summed E-state index contributed by atoms with van der Waals surface area (Å²) in [5, 5.41) is 37.3. The zero-order valence-electron chi connectivity index (χ0n) is 25.2. The van der Waals surface area contributed by atoms with Gasteiger partial charge in [0.1, 0.15) is 17.6 Å². The molecule has 3 aliphatic carbocycles. The van der Waals surface area contributed by atoms with Crippen molar-refractivity contribution in [3.8, 4) is 0 Å². The van der Waals surface area contributed by atoms with Gasteiger partial charge in [-0.15, -0.1) is 0 Å². The molecule has 46 heavy (non-hydrogen) atoms. The van der Waals surface area contributed by atoms with E-state index in [1.54, 1.807) is 13.0 Å². The highest BCUT2D eigenvalue weighted by Crippen LogP contribution is 2.62. The van der Waals surface area contributed by atoms with Gasteiger partial charge in [0.25, 0.3) is 5.91 Å². The lowest BCUT2D eigenvalue weighted by molar-refractivity contribution is -0.311. The first-order valence-corrected chi connectivity index (χ1v) is 14.3. The summed E-state index contributed by atoms with van der Waals surface area (Å²) in [5.41, 5.74) is 0.616. The Morgan fingerprint density at radius 1 is 1.04 bits per heavy atom. The van der Waals surface area contributed by atoms with Crippen molar-refractivity contribution in [1.29, 1.82) is 0 Å². The normalized spacial score (nSPS) is 26.5. The van der Waals surface area contributed by atoms with Crippen molar-refractivity contribution in [1.82, 2.24) is 10.6 Å². The Kier molecular flexibility index (Phi) is 9.07. The molecule has 1 amide bonds. The molecule has 1 aromatic carbocycles. The van der Waals surface area contributed by atoms with Crippen molar-refractivity contribution < 1.29 is 46.5 Å². The number of nitrogens with two attached hydrogens (primary N) is 2. The summed E-state index contributed by atoms with van der Waals surface area (Å²) in [4.78, 5) is 13.2. The van der Waals surface area contributed by atoms with Crippen molar-refractivity contribution in [3.05, 3.63) is 100 Å². The zero-order valence-corrected chi connectivity index (χ0v) is 25.2. The first-order valence-electron chi connectivity index (χ1n) is 14.3. The Hall–Kier alpha value is -4.01. The third kappa shape index (κ3) is 6.33. The van der Waals surface area contributed by atoms with Crippen LogP contribution in [-0.4, -0.2) is 44.7 Å². The number of carbonyl (C=O) groups excluding carboxylic acids is 1. The van der Waals surface area contributed by atoms with Gasteiger partial charge in [0.15, 0.2) is 0 Å². The van der Waals surface area contributed by atoms with Crippen molar-refractivity contribution >= 4 is 11.6 Å². The fourth-order valence-corrected chi connectivity index (χ4v) is 5.95. The third-order valence-electron chi connectivity index (χ3n) is 8.67. The van der Waals surface area contributed by atoms with E-state index in [0.717, 1.165) is 13.8 Å². The molecule has 3 aliphatic rings. The van der Waals surface area contributed by atoms with E-state index in [0.29, 0.717) is 30.7 Å². The van der Waals surface area contributed by atoms with E-state index in [4.69, 9.17) is 11.5 Å². The molecule has 0 heterocycles. The first-order chi connectivity index (χ1) is 21.1. The summed E-state index contributed by atoms with van der Waals surface area (Å²) in [6.07, 6.45) is -9.56. The van der Waals surface area contributed by atoms with E-state index >= 15 is 26.3 Å². The van der Waals surface area contributed by atoms with E-state index < -0.39 is 76.5 Å². The average Bonchev–Trinajstić information content (AvgIpc) is 2.92. The minimum absolute atomic E-state index is 0.141. The highest BCUT2D eigenvalue weighted by atomic mass is 19.4. The van der Waals surface area contributed by atoms with Crippen LogP contribution in [0.25, 0.3) is 0 Å². The third-order valence-corrected chi connectivity index (χ3v) is 8.67. The minimum Gasteiger partial charge on any atom is -0.510 e. The SMILES string of the molecule is CC1CC=C(N)C=C1C(=O)NC1=CC(C(C2=CC=C(O)C(C)(NC(O)c3cccc(N)c3)C2)(C(F)(F)F)C(F)(F)F)=CCC1(C)O. The number of carbonyl (C=O) groups is 1. The number of aliphatic hydroxyl groups is 3. The number of nitrogens with one attached hydrogen (secondary N) is 2. The maximum atomic E-state index is 15.2. The largest absolute Gasteiger partial charge is 0.510 e. The predicted molar refractivity (Wildman–Crippen MR) is 159 cm³/mol. The van der Waals surface area contributed by atoms with Gasteiger partial charge in [-0.3, -0.25) is 10.1 Å². The molecule has 4 rings (SSSR count). The molecular formula is C32H36F6N4O4. The lowest BCUT2D eigenvalue weighted by Crippen LogP contribution is -2.57. The monoisotopic (exact) mass is 654 g/mol. The lowest BCUT2D eigenvalue weighted by atomic mass is 9.65. The molecule has 8 nitrogen and oxygen atoms in total. The fourth-order valence-electron chi connectivity index (χ4n) is 5.95. The van der Waals surface area contributed by atoms with Crippen LogP contribution in [0.2, 0.25) is 0 Å². The molecule has 0 saturated carbocycles. The highest BCUT2D eigenvalue weighted by molar-refractivity contribution is 5.96. The number of benzene rings is 1. The topological polar surface area (TPSA) is 154 Å². The zero-order chi connectivity index (χ0) is 34.5. The van der Waals surface area contributed by atoms with Gasteiger partial charge in [-0.1, -0.05) is 37.3 Å². The quantitative estimate of drug-likeness (QED) is 0.118. The van der Waals surface area contributed by atoms with Crippen molar-refractivity contribution in [2.45, 2.75) is 69.8 Å². The molecule has 9 N–H and O–H groups in total. The molecule has 4 atom stereocenters. The van der Waals surface area contributed by atoms with Crippen molar-refractivity contribution in [3.63, 3.8) is 0 Å². The van der Waals surface area contributed by atoms with Crippen LogP contribution in [-0.2, 0) is 4.79 Å². The number of amides is 1. The number of hydrogen-bond acceptors (Lipinski definition) is 7. The van der Waals surface area contributed by atoms with Crippen LogP contribution >= 0.6 is 0 Å². The molecule has 0 aliphatic heterocycles. The molecule has 0 saturated heterocycles. The number of rotatable bonds is 7. The summed E-state index contributed by atoms with van der Waals surface area (Å²) in [6, 6.07) is 5.78. The smallest absolute Gasteiger partial charge is 0.410 e. The highest BCUT2D eigenvalue weighted by Gasteiger charge is 2.74. The molecule has 4 unspecified atom stereocenters. The summed E-state index contributed by atoms with van der Waals surface area (Å²) in [5.74, 6) is -1.82. The molecule has 0 spiro atoms. The average molecular weight is 655 g/mol. The van der Waals surface area contributed by atoms with Crippen LogP contribution in [0, 0.1) is 11.3 Å². The summed E-state index contributed by atoms with van der Waals surface area (Å²) in [7, 11) is 0. The number of halogens is 6. The van der Waals surface area contributed by atoms with Crippen molar-refractivity contribution in [2.75, 3.05) is 5.73 Å². The standard InChI is InChI=1S/C32H36F6N4O4/c1-17-7-9-22(40)15-23(17)27(45)41-24-14-19(11-12-29(24,3)46)30(31(33,34)35,32(36,37)38)20-8-10-25(43)28(2,16-20)42-26(44)18-5-4-6-21(39)13-18/h4-6,8-11,13-15,17,26,42-44,46H,7,12,16,39-40H2,1-3H3,(H,41,45). The summed E-state index contributed by atoms with van der Waals surface area (Å²) < 4.78 is 90.9. The van der Waals surface area contributed by atoms with E-state index in [-0.39, 0.29) is 28.4 Å². The number of aliphatic hydroxyl groups excluding tert-OH is 2. The van der Waals surface area contributed by atoms with Gasteiger partial charge in [0.05, 0.1) is 11.2 Å². The molecule has 0 bridgehead atoms. The maximum absolute atomic E-state index is 15.2. The number of nitrogen functional groups attached to an aromatic ring is 1. The van der Waals surface area contributed by atoms with Crippen LogP contribution in [0.15, 0.2) is 94.6 Å². The molecule has 0 aromatic heterocycles. The number of allylic oxidation sites excluding steroid dienone is 6. The van der Waals surface area contributed by atoms with Gasteiger partial charge in [-0.05, 0) is 79.7 Å². The Labute approximate surface area is 261 Å². The van der Waals surface area contributed by atoms with E-state index in [1.165, 1.54) is 30.3 Å². The predicted octanol–water partition coefficient (Wildman–Crippen LogP) is 5.38. The molecule has 0 fully saturated rings. The van der Waals surface area contributed by atoms with Gasteiger partial charge in [-0.25, -0.2) is 0 Å². The molecule has 14 heteroatoms. The second-order valence-electron chi connectivity index (χ2n) is 12.3. The van der Waals surface area contributed by atoms with E-state index in [1.807, 2.05) is 0 Å². The second-order valence-corrected chi connectivity index (χ2v) is 12.3. The summed E-state index contributed by atoms with van der Waals surface area (Å²) >= 11 is 0. The van der Waals surface area contributed by atoms with Gasteiger partial charge in [0.2, 0.25) is 5.41 Å². The fraction of sp³-hybridized carbons (Fsp3) is 0.406. The maximum Gasteiger partial charge on any atom is 0.410 e. The summed E-state index contributed by atoms with van der Waals surface area (Å²) in [6.45, 7) is 4.00. The Balaban J connectivity index is 1.80.